The largest absolute Gasteiger partial charge is 0.378 e. The van der Waals surface area contributed by atoms with Crippen molar-refractivity contribution >= 4 is 40.0 Å². The highest BCUT2D eigenvalue weighted by atomic mass is 127. The molecule has 84 valence electrons. The van der Waals surface area contributed by atoms with Gasteiger partial charge in [0, 0.05) is 33.0 Å². The summed E-state index contributed by atoms with van der Waals surface area (Å²) in [5.41, 5.74) is 1.27. The van der Waals surface area contributed by atoms with Crippen molar-refractivity contribution in [3.63, 3.8) is 0 Å². The van der Waals surface area contributed by atoms with Crippen molar-refractivity contribution in [2.24, 2.45) is 0 Å². The molecule has 0 amide bonds. The lowest BCUT2D eigenvalue weighted by molar-refractivity contribution is 0.802. The van der Waals surface area contributed by atoms with Crippen molar-refractivity contribution in [2.75, 3.05) is 19.0 Å². The van der Waals surface area contributed by atoms with Crippen LogP contribution in [0.15, 0.2) is 23.1 Å². The molecule has 1 rings (SSSR count). The second kappa shape index (κ2) is 4.95. The second-order valence-corrected chi connectivity index (χ2v) is 7.90. The van der Waals surface area contributed by atoms with E-state index in [1.54, 1.807) is 0 Å². The van der Waals surface area contributed by atoms with Crippen molar-refractivity contribution in [3.8, 4) is 0 Å². The van der Waals surface area contributed by atoms with Gasteiger partial charge in [0.1, 0.15) is 0 Å². The van der Waals surface area contributed by atoms with Crippen LogP contribution in [0.1, 0.15) is 20.8 Å². The number of halogens is 1. The summed E-state index contributed by atoms with van der Waals surface area (Å²) in [5.74, 6) is 0. The summed E-state index contributed by atoms with van der Waals surface area (Å²) in [5, 5.41) is 0. The maximum atomic E-state index is 2.38. The summed E-state index contributed by atoms with van der Waals surface area (Å²) >= 11 is 4.29. The zero-order chi connectivity index (χ0) is 11.6. The summed E-state index contributed by atoms with van der Waals surface area (Å²) in [6.45, 7) is 6.73. The van der Waals surface area contributed by atoms with Crippen molar-refractivity contribution in [2.45, 2.75) is 30.4 Å². The summed E-state index contributed by atoms with van der Waals surface area (Å²) < 4.78 is 1.57. The Balaban J connectivity index is 2.99. The average Bonchev–Trinajstić information content (AvgIpc) is 1.99. The van der Waals surface area contributed by atoms with Crippen LogP contribution in [-0.2, 0) is 0 Å². The van der Waals surface area contributed by atoms with Crippen LogP contribution in [0.4, 0.5) is 5.69 Å². The standard InChI is InChI=1S/C12H18INS/c1-12(2,3)15-11-7-9(13)6-10(8-11)14(4)5/h6-8H,1-5H3. The van der Waals surface area contributed by atoms with Crippen LogP contribution in [0.3, 0.4) is 0 Å². The first kappa shape index (κ1) is 13.2. The van der Waals surface area contributed by atoms with Gasteiger partial charge in [-0.15, -0.1) is 11.8 Å². The Morgan fingerprint density at radius 3 is 2.20 bits per heavy atom. The van der Waals surface area contributed by atoms with Crippen LogP contribution in [-0.4, -0.2) is 18.8 Å². The van der Waals surface area contributed by atoms with Gasteiger partial charge in [-0.3, -0.25) is 0 Å². The molecule has 1 nitrogen and oxygen atoms in total. The van der Waals surface area contributed by atoms with E-state index in [0.717, 1.165) is 0 Å². The van der Waals surface area contributed by atoms with E-state index in [2.05, 4.69) is 80.6 Å². The van der Waals surface area contributed by atoms with Gasteiger partial charge in [0.05, 0.1) is 0 Å². The predicted molar refractivity (Wildman–Crippen MR) is 79.1 cm³/mol. The van der Waals surface area contributed by atoms with E-state index in [-0.39, 0.29) is 4.75 Å². The monoisotopic (exact) mass is 335 g/mol. The zero-order valence-corrected chi connectivity index (χ0v) is 12.9. The first-order valence-electron chi connectivity index (χ1n) is 4.95. The van der Waals surface area contributed by atoms with E-state index in [9.17, 15) is 0 Å². The molecule has 0 unspecified atom stereocenters. The molecule has 0 fully saturated rings. The molecule has 0 aliphatic heterocycles. The zero-order valence-electron chi connectivity index (χ0n) is 9.97. The lowest BCUT2D eigenvalue weighted by Gasteiger charge is -2.20. The summed E-state index contributed by atoms with van der Waals surface area (Å²) in [6.07, 6.45) is 0. The van der Waals surface area contributed by atoms with Crippen molar-refractivity contribution in [1.29, 1.82) is 0 Å². The molecule has 0 radical (unpaired) electrons. The molecule has 0 aliphatic rings. The number of rotatable bonds is 2. The Morgan fingerprint density at radius 2 is 1.73 bits per heavy atom. The molecule has 0 heterocycles. The molecule has 1 aromatic carbocycles. The lowest BCUT2D eigenvalue weighted by Crippen LogP contribution is -2.10. The third kappa shape index (κ3) is 4.64. The van der Waals surface area contributed by atoms with Crippen LogP contribution in [0, 0.1) is 3.57 Å². The molecule has 0 N–H and O–H groups in total. The van der Waals surface area contributed by atoms with Gasteiger partial charge >= 0.3 is 0 Å². The number of benzene rings is 1. The van der Waals surface area contributed by atoms with Gasteiger partial charge in [-0.1, -0.05) is 20.8 Å². The minimum atomic E-state index is 0.272. The minimum Gasteiger partial charge on any atom is -0.378 e. The van der Waals surface area contributed by atoms with Gasteiger partial charge in [0.25, 0.3) is 0 Å². The van der Waals surface area contributed by atoms with Crippen molar-refractivity contribution < 1.29 is 0 Å². The Kier molecular flexibility index (Phi) is 4.35. The molecule has 1 aromatic rings. The van der Waals surface area contributed by atoms with Gasteiger partial charge in [0.15, 0.2) is 0 Å². The third-order valence-corrected chi connectivity index (χ3v) is 3.50. The summed E-state index contributed by atoms with van der Waals surface area (Å²) in [4.78, 5) is 3.49. The van der Waals surface area contributed by atoms with E-state index in [0.29, 0.717) is 0 Å². The van der Waals surface area contributed by atoms with Crippen LogP contribution in [0.25, 0.3) is 0 Å². The lowest BCUT2D eigenvalue weighted by atomic mass is 10.3. The SMILES string of the molecule is CN(C)c1cc(I)cc(SC(C)(C)C)c1. The Morgan fingerprint density at radius 1 is 1.13 bits per heavy atom. The highest BCUT2D eigenvalue weighted by Crippen LogP contribution is 2.34. The molecule has 0 aromatic heterocycles. The third-order valence-electron chi connectivity index (χ3n) is 1.80. The number of anilines is 1. The fraction of sp³-hybridized carbons (Fsp3) is 0.500. The van der Waals surface area contributed by atoms with Crippen molar-refractivity contribution in [3.05, 3.63) is 21.8 Å². The van der Waals surface area contributed by atoms with Gasteiger partial charge in [0.2, 0.25) is 0 Å². The molecule has 15 heavy (non-hydrogen) atoms. The second-order valence-electron chi connectivity index (χ2n) is 4.75. The summed E-state index contributed by atoms with van der Waals surface area (Å²) in [7, 11) is 4.16. The number of nitrogens with zero attached hydrogens (tertiary/aromatic N) is 1. The number of thioether (sulfide) groups is 1. The fourth-order valence-corrected chi connectivity index (χ4v) is 3.16. The van der Waals surface area contributed by atoms with E-state index >= 15 is 0 Å². The van der Waals surface area contributed by atoms with Crippen LogP contribution >= 0.6 is 34.4 Å². The van der Waals surface area contributed by atoms with Crippen molar-refractivity contribution in [1.82, 2.24) is 0 Å². The molecular weight excluding hydrogens is 317 g/mol. The first-order chi connectivity index (χ1) is 6.78. The van der Waals surface area contributed by atoms with E-state index < -0.39 is 0 Å². The molecule has 0 atom stereocenters. The highest BCUT2D eigenvalue weighted by Gasteiger charge is 2.13. The smallest absolute Gasteiger partial charge is 0.0382 e. The van der Waals surface area contributed by atoms with E-state index in [1.165, 1.54) is 14.2 Å². The highest BCUT2D eigenvalue weighted by molar-refractivity contribution is 14.1. The van der Waals surface area contributed by atoms with Gasteiger partial charge in [-0.25, -0.2) is 0 Å². The number of hydrogen-bond acceptors (Lipinski definition) is 2. The number of hydrogen-bond donors (Lipinski definition) is 0. The quantitative estimate of drug-likeness (QED) is 0.587. The molecule has 0 saturated heterocycles. The summed E-state index contributed by atoms with van der Waals surface area (Å²) in [6, 6.07) is 6.69. The van der Waals surface area contributed by atoms with Crippen LogP contribution in [0.5, 0.6) is 0 Å². The Bertz CT molecular complexity index is 342. The van der Waals surface area contributed by atoms with Crippen LogP contribution in [0.2, 0.25) is 0 Å². The normalized spacial score (nSPS) is 11.6. The Labute approximate surface area is 111 Å². The van der Waals surface area contributed by atoms with Gasteiger partial charge in [-0.2, -0.15) is 0 Å². The molecular formula is C12H18INS. The molecule has 0 spiro atoms. The average molecular weight is 335 g/mol. The molecule has 3 heteroatoms. The molecule has 0 aliphatic carbocycles. The predicted octanol–water partition coefficient (Wildman–Crippen LogP) is 4.25. The van der Waals surface area contributed by atoms with Gasteiger partial charge in [-0.05, 0) is 40.8 Å². The maximum Gasteiger partial charge on any atom is 0.0382 e. The molecule has 0 bridgehead atoms. The minimum absolute atomic E-state index is 0.272. The fourth-order valence-electron chi connectivity index (χ4n) is 1.22. The van der Waals surface area contributed by atoms with E-state index in [4.69, 9.17) is 0 Å². The van der Waals surface area contributed by atoms with Gasteiger partial charge < -0.3 is 4.90 Å². The van der Waals surface area contributed by atoms with E-state index in [1.807, 2.05) is 11.8 Å². The molecule has 0 saturated carbocycles. The Hall–Kier alpha value is 0.1000. The first-order valence-corrected chi connectivity index (χ1v) is 6.84. The van der Waals surface area contributed by atoms with Crippen LogP contribution < -0.4 is 4.90 Å². The topological polar surface area (TPSA) is 3.24 Å². The maximum absolute atomic E-state index is 2.38.